The lowest BCUT2D eigenvalue weighted by molar-refractivity contribution is 0.197. The van der Waals surface area contributed by atoms with Crippen molar-refractivity contribution in [2.75, 3.05) is 0 Å². The van der Waals surface area contributed by atoms with Crippen LogP contribution in [0.1, 0.15) is 57.9 Å². The van der Waals surface area contributed by atoms with Gasteiger partial charge in [0, 0.05) is 11.5 Å². The Bertz CT molecular complexity index is 351. The summed E-state index contributed by atoms with van der Waals surface area (Å²) < 4.78 is 0. The molecule has 0 heterocycles. The summed E-state index contributed by atoms with van der Waals surface area (Å²) in [6.07, 6.45) is 7.75. The normalized spacial score (nSPS) is 22.4. The molecule has 0 radical (unpaired) electrons. The first-order chi connectivity index (χ1) is 8.70. The molecule has 1 aromatic carbocycles. The lowest BCUT2D eigenvalue weighted by Gasteiger charge is -2.45. The van der Waals surface area contributed by atoms with Crippen molar-refractivity contribution in [3.63, 3.8) is 0 Å². The minimum Gasteiger partial charge on any atom is -0.327 e. The number of hydrogen-bond donors (Lipinski definition) is 1. The van der Waals surface area contributed by atoms with Crippen molar-refractivity contribution in [1.29, 1.82) is 0 Å². The van der Waals surface area contributed by atoms with Gasteiger partial charge < -0.3 is 5.73 Å². The van der Waals surface area contributed by atoms with Gasteiger partial charge in [-0.05, 0) is 24.3 Å². The Morgan fingerprint density at radius 3 is 2.28 bits per heavy atom. The molecule has 1 fully saturated rings. The van der Waals surface area contributed by atoms with Crippen LogP contribution >= 0.6 is 0 Å². The van der Waals surface area contributed by atoms with Crippen molar-refractivity contribution in [2.45, 2.75) is 63.8 Å². The molecule has 2 N–H and O–H groups in total. The molecule has 1 saturated carbocycles. The van der Waals surface area contributed by atoms with Gasteiger partial charge in [0.2, 0.25) is 0 Å². The Balaban J connectivity index is 2.34. The van der Waals surface area contributed by atoms with Gasteiger partial charge in [0.05, 0.1) is 0 Å². The van der Waals surface area contributed by atoms with E-state index >= 15 is 0 Å². The van der Waals surface area contributed by atoms with Crippen LogP contribution in [0.5, 0.6) is 0 Å². The highest BCUT2D eigenvalue weighted by atomic mass is 14.7. The third-order valence-electron chi connectivity index (χ3n) is 4.99. The Morgan fingerprint density at radius 2 is 1.72 bits per heavy atom. The van der Waals surface area contributed by atoms with Gasteiger partial charge in [0.25, 0.3) is 0 Å². The van der Waals surface area contributed by atoms with E-state index in [9.17, 15) is 0 Å². The highest BCUT2D eigenvalue weighted by Crippen LogP contribution is 2.43. The number of hydrogen-bond acceptors (Lipinski definition) is 1. The lowest BCUT2D eigenvalue weighted by atomic mass is 9.62. The molecule has 0 amide bonds. The van der Waals surface area contributed by atoms with Crippen LogP contribution in [0.2, 0.25) is 0 Å². The van der Waals surface area contributed by atoms with Gasteiger partial charge in [0.1, 0.15) is 0 Å². The molecule has 1 aromatic rings. The maximum absolute atomic E-state index is 6.67. The van der Waals surface area contributed by atoms with E-state index in [1.165, 1.54) is 44.1 Å². The molecule has 18 heavy (non-hydrogen) atoms. The van der Waals surface area contributed by atoms with Crippen LogP contribution < -0.4 is 5.73 Å². The Hall–Kier alpha value is -0.820. The molecule has 0 saturated heterocycles. The highest BCUT2D eigenvalue weighted by molar-refractivity contribution is 5.28. The highest BCUT2D eigenvalue weighted by Gasteiger charge is 2.41. The van der Waals surface area contributed by atoms with Gasteiger partial charge in [-0.1, -0.05) is 69.9 Å². The molecule has 0 spiro atoms. The summed E-state index contributed by atoms with van der Waals surface area (Å²) >= 11 is 0. The molecule has 2 unspecified atom stereocenters. The Morgan fingerprint density at radius 1 is 1.11 bits per heavy atom. The van der Waals surface area contributed by atoms with Crippen LogP contribution in [0.15, 0.2) is 30.3 Å². The van der Waals surface area contributed by atoms with Crippen molar-refractivity contribution in [3.05, 3.63) is 35.9 Å². The maximum atomic E-state index is 6.67. The topological polar surface area (TPSA) is 26.0 Å². The van der Waals surface area contributed by atoms with E-state index in [2.05, 4.69) is 44.2 Å². The predicted octanol–water partition coefficient (Wildman–Crippen LogP) is 4.26. The average molecular weight is 245 g/mol. The second-order valence-corrected chi connectivity index (χ2v) is 5.99. The molecule has 100 valence electrons. The van der Waals surface area contributed by atoms with Gasteiger partial charge in [-0.25, -0.2) is 0 Å². The predicted molar refractivity (Wildman–Crippen MR) is 78.6 cm³/mol. The summed E-state index contributed by atoms with van der Waals surface area (Å²) in [6, 6.07) is 11.3. The van der Waals surface area contributed by atoms with Crippen molar-refractivity contribution >= 4 is 0 Å². The van der Waals surface area contributed by atoms with E-state index in [0.29, 0.717) is 12.0 Å². The van der Waals surface area contributed by atoms with E-state index in [-0.39, 0.29) is 5.41 Å². The minimum atomic E-state index is 0.231. The fourth-order valence-electron chi connectivity index (χ4n) is 3.57. The van der Waals surface area contributed by atoms with Gasteiger partial charge in [0.15, 0.2) is 0 Å². The second-order valence-electron chi connectivity index (χ2n) is 5.99. The van der Waals surface area contributed by atoms with Gasteiger partial charge in [-0.3, -0.25) is 0 Å². The molecular weight excluding hydrogens is 218 g/mol. The van der Waals surface area contributed by atoms with Crippen molar-refractivity contribution < 1.29 is 0 Å². The van der Waals surface area contributed by atoms with E-state index in [1.54, 1.807) is 0 Å². The molecule has 0 bridgehead atoms. The zero-order valence-electron chi connectivity index (χ0n) is 11.9. The lowest BCUT2D eigenvalue weighted by Crippen LogP contribution is -2.50. The summed E-state index contributed by atoms with van der Waals surface area (Å²) in [5.74, 6) is 0.600. The van der Waals surface area contributed by atoms with Crippen LogP contribution in [-0.4, -0.2) is 6.04 Å². The molecule has 1 aliphatic carbocycles. The van der Waals surface area contributed by atoms with Crippen LogP contribution in [0, 0.1) is 5.92 Å². The third-order valence-corrected chi connectivity index (χ3v) is 4.99. The molecule has 0 aromatic heterocycles. The monoisotopic (exact) mass is 245 g/mol. The second kappa shape index (κ2) is 5.88. The Labute approximate surface area is 112 Å². The number of nitrogens with two attached hydrogens (primary N) is 1. The molecule has 1 aliphatic rings. The molecule has 1 heteroatoms. The zero-order chi connectivity index (χ0) is 13.0. The fourth-order valence-corrected chi connectivity index (χ4v) is 3.57. The maximum Gasteiger partial charge on any atom is 0.0162 e. The number of rotatable bonds is 4. The molecule has 2 rings (SSSR count). The van der Waals surface area contributed by atoms with Gasteiger partial charge >= 0.3 is 0 Å². The summed E-state index contributed by atoms with van der Waals surface area (Å²) in [7, 11) is 0. The zero-order valence-corrected chi connectivity index (χ0v) is 11.9. The summed E-state index contributed by atoms with van der Waals surface area (Å²) in [4.78, 5) is 0. The first-order valence-corrected chi connectivity index (χ1v) is 7.52. The largest absolute Gasteiger partial charge is 0.327 e. The standard InChI is InChI=1S/C17H27N/c1-3-14(2)16(18)17(12-8-5-9-13-17)15-10-6-4-7-11-15/h4,6-7,10-11,14,16H,3,5,8-9,12-13,18H2,1-2H3. The van der Waals surface area contributed by atoms with Crippen LogP contribution in [0.4, 0.5) is 0 Å². The first kappa shape index (κ1) is 13.6. The molecule has 2 atom stereocenters. The third kappa shape index (κ3) is 2.47. The summed E-state index contributed by atoms with van der Waals surface area (Å²) in [5, 5.41) is 0. The quantitative estimate of drug-likeness (QED) is 0.842. The summed E-state index contributed by atoms with van der Waals surface area (Å²) in [5.41, 5.74) is 8.37. The van der Waals surface area contributed by atoms with Crippen molar-refractivity contribution in [2.24, 2.45) is 11.7 Å². The summed E-state index contributed by atoms with van der Waals surface area (Å²) in [6.45, 7) is 4.57. The van der Waals surface area contributed by atoms with Crippen LogP contribution in [-0.2, 0) is 5.41 Å². The smallest absolute Gasteiger partial charge is 0.0162 e. The van der Waals surface area contributed by atoms with E-state index in [4.69, 9.17) is 5.73 Å². The molecule has 0 aliphatic heterocycles. The van der Waals surface area contributed by atoms with E-state index < -0.39 is 0 Å². The fraction of sp³-hybridized carbons (Fsp3) is 0.647. The molecule has 1 nitrogen and oxygen atoms in total. The average Bonchev–Trinajstić information content (AvgIpc) is 2.47. The molecular formula is C17H27N. The SMILES string of the molecule is CCC(C)C(N)C1(c2ccccc2)CCCCC1. The van der Waals surface area contributed by atoms with Crippen molar-refractivity contribution in [1.82, 2.24) is 0 Å². The number of benzene rings is 1. The van der Waals surface area contributed by atoms with E-state index in [1.807, 2.05) is 0 Å². The first-order valence-electron chi connectivity index (χ1n) is 7.52. The van der Waals surface area contributed by atoms with Crippen LogP contribution in [0.25, 0.3) is 0 Å². The van der Waals surface area contributed by atoms with Gasteiger partial charge in [-0.2, -0.15) is 0 Å². The Kier molecular flexibility index (Phi) is 4.45. The van der Waals surface area contributed by atoms with Crippen LogP contribution in [0.3, 0.4) is 0 Å². The van der Waals surface area contributed by atoms with Gasteiger partial charge in [-0.15, -0.1) is 0 Å². The van der Waals surface area contributed by atoms with E-state index in [0.717, 1.165) is 0 Å². The van der Waals surface area contributed by atoms with Crippen molar-refractivity contribution in [3.8, 4) is 0 Å². The minimum absolute atomic E-state index is 0.231.